The van der Waals surface area contributed by atoms with Crippen molar-refractivity contribution >= 4 is 51.9 Å². The monoisotopic (exact) mass is 484 g/mol. The Balaban J connectivity index is 2.27. The van der Waals surface area contributed by atoms with Crippen LogP contribution in [0.25, 0.3) is 10.9 Å². The van der Waals surface area contributed by atoms with Crippen LogP contribution in [0.4, 0.5) is 8.78 Å². The molecule has 1 atom stereocenters. The summed E-state index contributed by atoms with van der Waals surface area (Å²) in [5.74, 6) is -7.82. The molecule has 32 heavy (non-hydrogen) atoms. The molecular formula is C21H16Cl2F2N2O5. The second-order valence-electron chi connectivity index (χ2n) is 7.02. The molecule has 0 unspecified atom stereocenters. The highest BCUT2D eigenvalue weighted by atomic mass is 35.5. The molecule has 0 aliphatic carbocycles. The summed E-state index contributed by atoms with van der Waals surface area (Å²) in [7, 11) is 0. The number of benzene rings is 2. The third-order valence-electron chi connectivity index (χ3n) is 5.02. The average Bonchev–Trinajstić information content (AvgIpc) is 3.02. The lowest BCUT2D eigenvalue weighted by Gasteiger charge is -2.13. The molecule has 3 aromatic rings. The topological polar surface area (TPSA) is 109 Å². The van der Waals surface area contributed by atoms with Crippen LogP contribution in [0.2, 0.25) is 10.0 Å². The summed E-state index contributed by atoms with van der Waals surface area (Å²) in [6, 6.07) is 4.82. The Morgan fingerprint density at radius 1 is 1.16 bits per heavy atom. The van der Waals surface area contributed by atoms with E-state index in [4.69, 9.17) is 28.3 Å². The molecule has 0 fully saturated rings. The first kappa shape index (κ1) is 23.5. The second-order valence-corrected chi connectivity index (χ2v) is 7.83. The van der Waals surface area contributed by atoms with E-state index in [1.807, 2.05) is 0 Å². The fourth-order valence-corrected chi connectivity index (χ4v) is 3.81. The molecule has 3 rings (SSSR count). The summed E-state index contributed by atoms with van der Waals surface area (Å²) >= 11 is 11.9. The highest BCUT2D eigenvalue weighted by Crippen LogP contribution is 2.38. The molecular weight excluding hydrogens is 469 g/mol. The highest BCUT2D eigenvalue weighted by molar-refractivity contribution is 6.42. The molecule has 1 amide bonds. The number of carbonyl (C=O) groups excluding carboxylic acids is 2. The van der Waals surface area contributed by atoms with E-state index in [0.717, 1.165) is 10.6 Å². The molecule has 1 aromatic heterocycles. The van der Waals surface area contributed by atoms with Gasteiger partial charge in [0.05, 0.1) is 21.5 Å². The van der Waals surface area contributed by atoms with Gasteiger partial charge in [-0.3, -0.25) is 19.0 Å². The minimum Gasteiger partial charge on any atom is -0.503 e. The van der Waals surface area contributed by atoms with Gasteiger partial charge in [-0.25, -0.2) is 8.78 Å². The van der Waals surface area contributed by atoms with Gasteiger partial charge in [0.25, 0.3) is 5.91 Å². The summed E-state index contributed by atoms with van der Waals surface area (Å²) in [5, 5.41) is 20.7. The van der Waals surface area contributed by atoms with Crippen molar-refractivity contribution in [3.05, 3.63) is 62.8 Å². The van der Waals surface area contributed by atoms with Crippen LogP contribution >= 0.6 is 23.2 Å². The summed E-state index contributed by atoms with van der Waals surface area (Å²) in [6.45, 7) is 2.11. The molecule has 168 valence electrons. The SMILES string of the molecule is Cc1c([C@H](C)C(=O)NCC(=O)O)c2c(F)c(O)c(F)cc2n1C(=O)c1ccc(Cl)c(Cl)c1. The maximum Gasteiger partial charge on any atom is 0.322 e. The largest absolute Gasteiger partial charge is 0.503 e. The number of aromatic nitrogens is 1. The Hall–Kier alpha value is -3.17. The molecule has 0 saturated carbocycles. The summed E-state index contributed by atoms with van der Waals surface area (Å²) in [6.07, 6.45) is 0. The maximum atomic E-state index is 15.0. The Morgan fingerprint density at radius 2 is 1.81 bits per heavy atom. The normalized spacial score (nSPS) is 12.1. The van der Waals surface area contributed by atoms with Crippen LogP contribution in [0.3, 0.4) is 0 Å². The quantitative estimate of drug-likeness (QED) is 0.501. The Kier molecular flexibility index (Phi) is 6.43. The summed E-state index contributed by atoms with van der Waals surface area (Å²) in [4.78, 5) is 36.5. The van der Waals surface area contributed by atoms with Gasteiger partial charge in [-0.2, -0.15) is 0 Å². The summed E-state index contributed by atoms with van der Waals surface area (Å²) < 4.78 is 30.1. The first-order valence-electron chi connectivity index (χ1n) is 9.16. The van der Waals surface area contributed by atoms with E-state index in [0.29, 0.717) is 0 Å². The number of aromatic hydroxyl groups is 1. The van der Waals surface area contributed by atoms with Crippen molar-refractivity contribution < 1.29 is 33.4 Å². The van der Waals surface area contributed by atoms with Gasteiger partial charge < -0.3 is 15.5 Å². The van der Waals surface area contributed by atoms with Crippen LogP contribution in [0, 0.1) is 18.6 Å². The maximum absolute atomic E-state index is 15.0. The third-order valence-corrected chi connectivity index (χ3v) is 5.76. The smallest absolute Gasteiger partial charge is 0.322 e. The Morgan fingerprint density at radius 3 is 2.41 bits per heavy atom. The zero-order chi connectivity index (χ0) is 23.9. The molecule has 3 N–H and O–H groups in total. The van der Waals surface area contributed by atoms with Gasteiger partial charge in [-0.05, 0) is 37.6 Å². The van der Waals surface area contributed by atoms with Gasteiger partial charge >= 0.3 is 5.97 Å². The predicted molar refractivity (Wildman–Crippen MR) is 114 cm³/mol. The second kappa shape index (κ2) is 8.76. The standard InChI is InChI=1S/C21H16Cl2F2N2O5/c1-8(20(31)26-7-15(28)29)16-9(2)27(14-6-13(24)19(30)18(25)17(14)16)21(32)10-3-4-11(22)12(23)5-10/h3-6,8,30H,7H2,1-2H3,(H,26,31)(H,28,29)/t8-/m0/s1. The van der Waals surface area contributed by atoms with Crippen LogP contribution in [-0.2, 0) is 9.59 Å². The van der Waals surface area contributed by atoms with E-state index in [-0.39, 0.29) is 37.8 Å². The minimum atomic E-state index is -1.35. The number of nitrogens with zero attached hydrogens (tertiary/aromatic N) is 1. The van der Waals surface area contributed by atoms with Gasteiger partial charge in [0.15, 0.2) is 17.4 Å². The summed E-state index contributed by atoms with van der Waals surface area (Å²) in [5.41, 5.74) is -0.0795. The average molecular weight is 485 g/mol. The number of carboxylic acids is 1. The number of hydrogen-bond acceptors (Lipinski definition) is 4. The van der Waals surface area contributed by atoms with E-state index in [1.165, 1.54) is 32.0 Å². The van der Waals surface area contributed by atoms with Crippen LogP contribution in [0.1, 0.15) is 34.5 Å². The molecule has 7 nitrogen and oxygen atoms in total. The molecule has 0 aliphatic heterocycles. The van der Waals surface area contributed by atoms with Gasteiger partial charge in [-0.15, -0.1) is 0 Å². The molecule has 0 spiro atoms. The Bertz CT molecular complexity index is 1290. The number of aliphatic carboxylic acids is 1. The molecule has 0 saturated heterocycles. The lowest BCUT2D eigenvalue weighted by atomic mass is 9.96. The van der Waals surface area contributed by atoms with Crippen LogP contribution in [-0.4, -0.2) is 39.1 Å². The number of phenolic OH excluding ortho intramolecular Hbond substituents is 1. The number of fused-ring (bicyclic) bond motifs is 1. The number of halogens is 4. The fraction of sp³-hybridized carbons (Fsp3) is 0.190. The number of phenols is 1. The van der Waals surface area contributed by atoms with Crippen molar-refractivity contribution in [1.82, 2.24) is 9.88 Å². The van der Waals surface area contributed by atoms with E-state index in [2.05, 4.69) is 5.32 Å². The zero-order valence-corrected chi connectivity index (χ0v) is 18.2. The van der Waals surface area contributed by atoms with E-state index in [1.54, 1.807) is 0 Å². The third kappa shape index (κ3) is 4.01. The van der Waals surface area contributed by atoms with E-state index >= 15 is 0 Å². The number of nitrogens with one attached hydrogen (secondary N) is 1. The first-order valence-corrected chi connectivity index (χ1v) is 9.92. The first-order chi connectivity index (χ1) is 15.0. The van der Waals surface area contributed by atoms with E-state index in [9.17, 15) is 28.3 Å². The van der Waals surface area contributed by atoms with Crippen molar-refractivity contribution in [3.63, 3.8) is 0 Å². The van der Waals surface area contributed by atoms with Crippen LogP contribution in [0.5, 0.6) is 5.75 Å². The number of hydrogen-bond donors (Lipinski definition) is 3. The van der Waals surface area contributed by atoms with Gasteiger partial charge in [0.1, 0.15) is 6.54 Å². The number of carbonyl (C=O) groups is 3. The van der Waals surface area contributed by atoms with Gasteiger partial charge in [0.2, 0.25) is 5.91 Å². The van der Waals surface area contributed by atoms with Crippen LogP contribution < -0.4 is 5.32 Å². The van der Waals surface area contributed by atoms with Crippen molar-refractivity contribution in [2.45, 2.75) is 19.8 Å². The lowest BCUT2D eigenvalue weighted by Crippen LogP contribution is -2.32. The Labute approximate surface area is 190 Å². The van der Waals surface area contributed by atoms with Crippen LogP contribution in [0.15, 0.2) is 24.3 Å². The van der Waals surface area contributed by atoms with E-state index < -0.39 is 47.6 Å². The molecule has 0 aliphatic rings. The van der Waals surface area contributed by atoms with Crippen molar-refractivity contribution in [3.8, 4) is 5.75 Å². The lowest BCUT2D eigenvalue weighted by molar-refractivity contribution is -0.138. The fourth-order valence-electron chi connectivity index (χ4n) is 3.51. The molecule has 2 aromatic carbocycles. The van der Waals surface area contributed by atoms with Crippen molar-refractivity contribution in [2.24, 2.45) is 0 Å². The number of amides is 1. The van der Waals surface area contributed by atoms with Crippen molar-refractivity contribution in [1.29, 1.82) is 0 Å². The number of rotatable bonds is 5. The minimum absolute atomic E-state index is 0.0101. The van der Waals surface area contributed by atoms with Gasteiger partial charge in [0, 0.05) is 22.7 Å². The molecule has 0 bridgehead atoms. The molecule has 0 radical (unpaired) electrons. The zero-order valence-electron chi connectivity index (χ0n) is 16.7. The molecule has 11 heteroatoms. The predicted octanol–water partition coefficient (Wildman–Crippen LogP) is 4.23. The number of carboxylic acid groups (broad SMARTS) is 1. The molecule has 1 heterocycles. The van der Waals surface area contributed by atoms with Crippen molar-refractivity contribution in [2.75, 3.05) is 6.54 Å². The van der Waals surface area contributed by atoms with Gasteiger partial charge in [-0.1, -0.05) is 23.2 Å². The highest BCUT2D eigenvalue weighted by Gasteiger charge is 2.31.